The van der Waals surface area contributed by atoms with Crippen molar-refractivity contribution in [3.05, 3.63) is 83.0 Å². The minimum absolute atomic E-state index is 0.0845. The molecule has 0 saturated carbocycles. The number of hydrogen-bond donors (Lipinski definition) is 3. The molecule has 3 N–H and O–H groups in total. The van der Waals surface area contributed by atoms with Gasteiger partial charge < -0.3 is 16.0 Å². The number of carbonyl (C=O) groups is 1. The van der Waals surface area contributed by atoms with Gasteiger partial charge in [-0.2, -0.15) is 4.98 Å². The fourth-order valence-electron chi connectivity index (χ4n) is 4.77. The largest absolute Gasteiger partial charge is 0.350 e. The number of fused-ring (bicyclic) bond motifs is 3. The number of nitrogens with zero attached hydrogens (tertiary/aromatic N) is 4. The summed E-state index contributed by atoms with van der Waals surface area (Å²) < 4.78 is 17.1. The van der Waals surface area contributed by atoms with E-state index in [1.54, 1.807) is 42.6 Å². The van der Waals surface area contributed by atoms with E-state index >= 15 is 4.39 Å². The Labute approximate surface area is 223 Å². The predicted octanol–water partition coefficient (Wildman–Crippen LogP) is 5.46. The first-order valence-electron chi connectivity index (χ1n) is 12.4. The summed E-state index contributed by atoms with van der Waals surface area (Å²) in [6.07, 6.45) is 5.86. The Morgan fingerprint density at radius 1 is 1.13 bits per heavy atom. The molecule has 3 aromatic heterocycles. The molecule has 6 rings (SSSR count). The molecule has 192 valence electrons. The molecule has 4 heterocycles. The van der Waals surface area contributed by atoms with Gasteiger partial charge in [-0.1, -0.05) is 17.7 Å². The third-order valence-electron chi connectivity index (χ3n) is 6.66. The van der Waals surface area contributed by atoms with Gasteiger partial charge in [0.05, 0.1) is 11.4 Å². The second-order valence-electron chi connectivity index (χ2n) is 9.45. The fourth-order valence-corrected chi connectivity index (χ4v) is 4.89. The summed E-state index contributed by atoms with van der Waals surface area (Å²) in [6.45, 7) is 3.82. The molecule has 0 spiro atoms. The summed E-state index contributed by atoms with van der Waals surface area (Å²) in [4.78, 5) is 26.6. The second kappa shape index (κ2) is 10.00. The SMILES string of the molecule is Cc1cn2c(n1)c(-c1ccc(NC(=O)c3ccc(Cl)cc3)c(F)c1)cc1cnc(NC3CCCNC3)nc12. The molecule has 1 aliphatic heterocycles. The smallest absolute Gasteiger partial charge is 0.255 e. The van der Waals surface area contributed by atoms with Crippen molar-refractivity contribution in [3.63, 3.8) is 0 Å². The Morgan fingerprint density at radius 2 is 1.97 bits per heavy atom. The fraction of sp³-hybridized carbons (Fsp3) is 0.214. The normalized spacial score (nSPS) is 15.6. The molecule has 38 heavy (non-hydrogen) atoms. The quantitative estimate of drug-likeness (QED) is 0.280. The van der Waals surface area contributed by atoms with E-state index in [9.17, 15) is 4.79 Å². The number of halogens is 2. The predicted molar refractivity (Wildman–Crippen MR) is 147 cm³/mol. The van der Waals surface area contributed by atoms with Crippen LogP contribution in [0.25, 0.3) is 27.8 Å². The number of hydrogen-bond acceptors (Lipinski definition) is 6. The van der Waals surface area contributed by atoms with Crippen LogP contribution in [0.3, 0.4) is 0 Å². The zero-order chi connectivity index (χ0) is 26.2. The van der Waals surface area contributed by atoms with E-state index in [-0.39, 0.29) is 11.7 Å². The highest BCUT2D eigenvalue weighted by Crippen LogP contribution is 2.31. The molecule has 1 aliphatic rings. The molecular weight excluding hydrogens is 505 g/mol. The van der Waals surface area contributed by atoms with Gasteiger partial charge in [0.1, 0.15) is 11.5 Å². The molecule has 1 fully saturated rings. The van der Waals surface area contributed by atoms with E-state index < -0.39 is 11.7 Å². The molecule has 1 amide bonds. The zero-order valence-electron chi connectivity index (χ0n) is 20.6. The van der Waals surface area contributed by atoms with Crippen LogP contribution in [0.5, 0.6) is 0 Å². The van der Waals surface area contributed by atoms with Crippen LogP contribution in [0.4, 0.5) is 16.0 Å². The topological polar surface area (TPSA) is 96.2 Å². The lowest BCUT2D eigenvalue weighted by molar-refractivity contribution is 0.102. The van der Waals surface area contributed by atoms with E-state index in [0.29, 0.717) is 27.7 Å². The minimum Gasteiger partial charge on any atom is -0.350 e. The van der Waals surface area contributed by atoms with Crippen molar-refractivity contribution in [2.24, 2.45) is 0 Å². The van der Waals surface area contributed by atoms with Gasteiger partial charge in [0, 0.05) is 46.5 Å². The van der Waals surface area contributed by atoms with Crippen LogP contribution >= 0.6 is 11.6 Å². The Balaban J connectivity index is 1.33. The summed E-state index contributed by atoms with van der Waals surface area (Å²) in [6, 6.07) is 13.3. The number of carbonyl (C=O) groups excluding carboxylic acids is 1. The number of imidazole rings is 1. The number of amides is 1. The van der Waals surface area contributed by atoms with Crippen LogP contribution in [-0.2, 0) is 0 Å². The monoisotopic (exact) mass is 529 g/mol. The minimum atomic E-state index is -0.553. The lowest BCUT2D eigenvalue weighted by atomic mass is 10.0. The van der Waals surface area contributed by atoms with Crippen LogP contribution in [0.1, 0.15) is 28.9 Å². The molecule has 1 saturated heterocycles. The Hall–Kier alpha value is -4.08. The number of nitrogens with one attached hydrogen (secondary N) is 3. The number of piperidine rings is 1. The van der Waals surface area contributed by atoms with E-state index in [2.05, 4.69) is 20.9 Å². The molecule has 0 aliphatic carbocycles. The molecule has 8 nitrogen and oxygen atoms in total. The molecule has 1 atom stereocenters. The van der Waals surface area contributed by atoms with Gasteiger partial charge in [-0.15, -0.1) is 0 Å². The maximum absolute atomic E-state index is 15.2. The highest BCUT2D eigenvalue weighted by Gasteiger charge is 2.18. The Morgan fingerprint density at radius 3 is 2.74 bits per heavy atom. The lowest BCUT2D eigenvalue weighted by Gasteiger charge is -2.23. The molecule has 10 heteroatoms. The number of pyridine rings is 1. The number of rotatable bonds is 5. The summed E-state index contributed by atoms with van der Waals surface area (Å²) in [5, 5.41) is 10.8. The summed E-state index contributed by atoms with van der Waals surface area (Å²) in [5.74, 6) is -0.405. The van der Waals surface area contributed by atoms with Crippen molar-refractivity contribution in [1.82, 2.24) is 24.7 Å². The van der Waals surface area contributed by atoms with Crippen molar-refractivity contribution in [1.29, 1.82) is 0 Å². The Bertz CT molecular complexity index is 1660. The number of aryl methyl sites for hydroxylation is 1. The van der Waals surface area contributed by atoms with Crippen LogP contribution < -0.4 is 16.0 Å². The van der Waals surface area contributed by atoms with Crippen LogP contribution in [0.15, 0.2) is 60.9 Å². The van der Waals surface area contributed by atoms with E-state index in [1.165, 1.54) is 6.07 Å². The standard InChI is InChI=1S/C28H25ClFN7O/c1-16-15-37-25-19(13-32-28(36-25)34-21-3-2-10-31-14-21)11-22(26(37)33-16)18-6-9-24(23(30)12-18)35-27(38)17-4-7-20(29)8-5-17/h4-9,11-13,15,21,31H,2-3,10,14H2,1H3,(H,35,38)(H,32,34,36). The third-order valence-corrected chi connectivity index (χ3v) is 6.91. The maximum atomic E-state index is 15.2. The molecule has 0 bridgehead atoms. The van der Waals surface area contributed by atoms with Crippen LogP contribution in [0.2, 0.25) is 5.02 Å². The van der Waals surface area contributed by atoms with Gasteiger partial charge in [0.25, 0.3) is 5.91 Å². The van der Waals surface area contributed by atoms with Crippen molar-refractivity contribution in [2.45, 2.75) is 25.8 Å². The van der Waals surface area contributed by atoms with Gasteiger partial charge in [0.15, 0.2) is 5.65 Å². The number of anilines is 2. The third kappa shape index (κ3) is 4.78. The average Bonchev–Trinajstić information content (AvgIpc) is 3.32. The lowest BCUT2D eigenvalue weighted by Crippen LogP contribution is -2.38. The van der Waals surface area contributed by atoms with Gasteiger partial charge in [-0.05, 0) is 74.3 Å². The van der Waals surface area contributed by atoms with Gasteiger partial charge in [0.2, 0.25) is 5.95 Å². The molecule has 1 unspecified atom stereocenters. The molecule has 2 aromatic carbocycles. The summed E-state index contributed by atoms with van der Waals surface area (Å²) >= 11 is 5.89. The summed E-state index contributed by atoms with van der Waals surface area (Å²) in [7, 11) is 0. The van der Waals surface area contributed by atoms with E-state index in [4.69, 9.17) is 21.6 Å². The molecular formula is C28H25ClFN7O. The first-order chi connectivity index (χ1) is 18.4. The van der Waals surface area contributed by atoms with Crippen molar-refractivity contribution < 1.29 is 9.18 Å². The highest BCUT2D eigenvalue weighted by molar-refractivity contribution is 6.30. The first-order valence-corrected chi connectivity index (χ1v) is 12.8. The van der Waals surface area contributed by atoms with Gasteiger partial charge in [-0.25, -0.2) is 14.4 Å². The highest BCUT2D eigenvalue weighted by atomic mass is 35.5. The Kier molecular flexibility index (Phi) is 6.39. The molecule has 5 aromatic rings. The zero-order valence-corrected chi connectivity index (χ0v) is 21.4. The van der Waals surface area contributed by atoms with Crippen molar-refractivity contribution in [3.8, 4) is 11.1 Å². The average molecular weight is 530 g/mol. The van der Waals surface area contributed by atoms with Gasteiger partial charge >= 0.3 is 0 Å². The van der Waals surface area contributed by atoms with Crippen LogP contribution in [-0.4, -0.2) is 44.4 Å². The first kappa shape index (κ1) is 24.3. The summed E-state index contributed by atoms with van der Waals surface area (Å²) in [5.41, 5.74) is 4.03. The second-order valence-corrected chi connectivity index (χ2v) is 9.89. The van der Waals surface area contributed by atoms with Crippen molar-refractivity contribution >= 4 is 45.8 Å². The van der Waals surface area contributed by atoms with Gasteiger partial charge in [-0.3, -0.25) is 9.20 Å². The number of benzene rings is 2. The van der Waals surface area contributed by atoms with E-state index in [1.807, 2.05) is 23.6 Å². The van der Waals surface area contributed by atoms with E-state index in [0.717, 1.165) is 48.2 Å². The van der Waals surface area contributed by atoms with Crippen LogP contribution in [0, 0.1) is 12.7 Å². The number of aromatic nitrogens is 4. The molecule has 0 radical (unpaired) electrons. The maximum Gasteiger partial charge on any atom is 0.255 e. The van der Waals surface area contributed by atoms with Crippen molar-refractivity contribution in [2.75, 3.05) is 23.7 Å².